The van der Waals surface area contributed by atoms with Crippen molar-refractivity contribution in [1.82, 2.24) is 0 Å². The van der Waals surface area contributed by atoms with Gasteiger partial charge < -0.3 is 47.4 Å². The number of carbonyl (C=O) groups excluding carboxylic acids is 1. The second-order valence-electron chi connectivity index (χ2n) is 25.6. The summed E-state index contributed by atoms with van der Waals surface area (Å²) in [5.74, 6) is 2.42. The van der Waals surface area contributed by atoms with Gasteiger partial charge in [-0.2, -0.15) is 15.8 Å². The monoisotopic (exact) mass is 1570 g/mol. The fraction of sp³-hybridized carbons (Fsp3) is 0.144. The molecule has 0 heterocycles. The number of hydrogen-bond acceptors (Lipinski definition) is 16. The van der Waals surface area contributed by atoms with Crippen LogP contribution in [0.25, 0.3) is 50.7 Å². The fourth-order valence-corrected chi connectivity index (χ4v) is 15.6. The summed E-state index contributed by atoms with van der Waals surface area (Å²) in [5, 5.41) is 32.7. The predicted octanol–water partition coefficient (Wildman–Crippen LogP) is 26.0. The highest BCUT2D eigenvalue weighted by Crippen LogP contribution is 2.53. The quantitative estimate of drug-likeness (QED) is 0.0141. The van der Waals surface area contributed by atoms with E-state index in [-0.39, 0.29) is 51.1 Å². The highest BCUT2D eigenvalue weighted by Gasteiger charge is 2.39. The molecule has 580 valence electrons. The number of nitrogens with zero attached hydrogens (tertiary/aromatic N) is 7. The molecule has 0 amide bonds. The van der Waals surface area contributed by atoms with Crippen molar-refractivity contribution in [3.8, 4) is 35.5 Å². The smallest absolute Gasteiger partial charge is 0.335 e. The normalized spacial score (nSPS) is 11.0. The average molecular weight is 1570 g/mol. The molecule has 17 nitrogen and oxygen atoms in total. The maximum absolute atomic E-state index is 13.0. The van der Waals surface area contributed by atoms with Crippen LogP contribution in [0.5, 0.6) is 17.2 Å². The maximum Gasteiger partial charge on any atom is 0.335 e. The number of fused-ring (bicyclic) bond motifs is 2. The molecule has 19 heteroatoms. The van der Waals surface area contributed by atoms with Crippen LogP contribution < -0.4 is 28.9 Å². The fourth-order valence-electron chi connectivity index (χ4n) is 13.3. The summed E-state index contributed by atoms with van der Waals surface area (Å²) in [4.78, 5) is 21.3. The summed E-state index contributed by atoms with van der Waals surface area (Å²) in [7, 11) is 1.10. The number of anilines is 9. The lowest BCUT2D eigenvalue weighted by atomic mass is 9.94. The van der Waals surface area contributed by atoms with Crippen molar-refractivity contribution < 1.29 is 46.7 Å². The number of rotatable bonds is 29. The van der Waals surface area contributed by atoms with E-state index in [2.05, 4.69) is 123 Å². The van der Waals surface area contributed by atoms with Gasteiger partial charge in [0, 0.05) is 86.3 Å². The minimum absolute atomic E-state index is 0. The third-order valence-corrected chi connectivity index (χ3v) is 21.4. The molecule has 0 atom stereocenters. The molecule has 0 radical (unpaired) electrons. The largest absolute Gasteiger partial charge is 0.497 e. The first-order valence-electron chi connectivity index (χ1n) is 37.1. The van der Waals surface area contributed by atoms with Crippen LogP contribution >= 0.6 is 16.1 Å². The topological polar surface area (TPSA) is 201 Å². The maximum atomic E-state index is 13.0. The molecule has 0 bridgehead atoms. The summed E-state index contributed by atoms with van der Waals surface area (Å²) in [6.07, 6.45) is 8.75. The minimum Gasteiger partial charge on any atom is -0.497 e. The van der Waals surface area contributed by atoms with Crippen LogP contribution in [0.2, 0.25) is 0 Å². The Morgan fingerprint density at radius 1 is 0.405 bits per heavy atom. The van der Waals surface area contributed by atoms with Gasteiger partial charge in [-0.3, -0.25) is 13.9 Å². The van der Waals surface area contributed by atoms with E-state index < -0.39 is 21.6 Å². The summed E-state index contributed by atoms with van der Waals surface area (Å²) in [6, 6.07) is 99.7. The SMILES string of the molecule is C.CCOC(OCC)(P=O)c1ccc2c(C#N)c(CP(=O)(OCC)OCC)ccc2c1C#N.COc1ccc(N(c2ccccc2)c2ccc(C=O)cc2)cc1.[C-]#[N+]c1c(C=Cc2ccc(N(c3ccccc3)c3ccc(OC)cc3)cc2)ccc2c(C#N)c(C=Cc3ccc(N(c4ccccc4)c4ccc(OC)cc4)cc3)ccc12. The molecule has 0 spiro atoms. The first kappa shape index (κ1) is 84.9. The molecule has 0 fully saturated rings. The Morgan fingerprint density at radius 2 is 0.741 bits per heavy atom. The van der Waals surface area contributed by atoms with E-state index in [0.717, 1.165) is 108 Å². The first-order valence-corrected chi connectivity index (χ1v) is 39.7. The van der Waals surface area contributed by atoms with Crippen molar-refractivity contribution in [2.24, 2.45) is 0 Å². The Morgan fingerprint density at radius 3 is 1.10 bits per heavy atom. The van der Waals surface area contributed by atoms with Crippen molar-refractivity contribution in [2.75, 3.05) is 62.5 Å². The number of nitriles is 3. The molecule has 0 unspecified atom stereocenters. The Balaban J connectivity index is 0.000000211. The highest BCUT2D eigenvalue weighted by molar-refractivity contribution is 7.53. The zero-order chi connectivity index (χ0) is 81.1. The average Bonchev–Trinajstić information content (AvgIpc) is 0.751. The van der Waals surface area contributed by atoms with Crippen molar-refractivity contribution in [2.45, 2.75) is 46.8 Å². The van der Waals surface area contributed by atoms with Gasteiger partial charge in [0.05, 0.1) is 64.0 Å². The van der Waals surface area contributed by atoms with E-state index in [1.54, 1.807) is 73.3 Å². The van der Waals surface area contributed by atoms with Gasteiger partial charge in [-0.15, -0.1) is 0 Å². The first-order chi connectivity index (χ1) is 56.3. The van der Waals surface area contributed by atoms with Crippen LogP contribution in [0.15, 0.2) is 285 Å². The molecule has 0 aliphatic carbocycles. The van der Waals surface area contributed by atoms with Crippen LogP contribution in [0.3, 0.4) is 0 Å². The van der Waals surface area contributed by atoms with Gasteiger partial charge >= 0.3 is 7.60 Å². The number of benzene rings is 13. The zero-order valence-corrected chi connectivity index (χ0v) is 66.5. The molecule has 13 aromatic rings. The van der Waals surface area contributed by atoms with Crippen molar-refractivity contribution in [3.05, 3.63) is 352 Å². The van der Waals surface area contributed by atoms with Gasteiger partial charge in [0.2, 0.25) is 14.1 Å². The molecular formula is C97H87N7O10P2. The van der Waals surface area contributed by atoms with Crippen LogP contribution in [-0.4, -0.2) is 54.0 Å². The van der Waals surface area contributed by atoms with E-state index >= 15 is 0 Å². The van der Waals surface area contributed by atoms with E-state index in [1.165, 1.54) is 0 Å². The number of aldehydes is 1. The van der Waals surface area contributed by atoms with Gasteiger partial charge in [0.1, 0.15) is 41.7 Å². The third kappa shape index (κ3) is 20.1. The highest BCUT2D eigenvalue weighted by atomic mass is 31.2. The van der Waals surface area contributed by atoms with E-state index in [9.17, 15) is 29.7 Å². The second kappa shape index (κ2) is 41.3. The molecular weight excluding hydrogens is 1490 g/mol. The number of ether oxygens (including phenoxy) is 5. The van der Waals surface area contributed by atoms with Crippen LogP contribution in [0, 0.1) is 40.6 Å². The zero-order valence-electron chi connectivity index (χ0n) is 64.7. The Kier molecular flexibility index (Phi) is 30.2. The lowest BCUT2D eigenvalue weighted by molar-refractivity contribution is -0.176. The Hall–Kier alpha value is -13.5. The van der Waals surface area contributed by atoms with E-state index in [0.29, 0.717) is 38.7 Å². The standard InChI is InChI=1S/C54H40N4O2.C22H26N2O6P2.C20H17NO2.CH4/c1-56-54-42(21-15-40-18-26-46(27-19-40)58(44-12-8-5-9-13-44)48-30-34-50(60-3)35-31-48)23-36-51-52(54)37-22-41(53(51)38-55)20-14-39-16-24-45(25-17-39)57(43-10-6-4-7-11-43)47-28-32-49(59-2)33-29-47;1-5-27-22(31-25,28-6-2)21-12-11-17-18(20(21)14-24)10-9-16(19(17)13-23)15-32(26,29-7-3)30-8-4;1-23-20-13-11-19(12-14-20)21(17-5-3-2-4-6-17)18-9-7-16(15-22)8-10-18;/h4-37H,2-3H3;9-12H,5-8,15H2,1-4H3;2-15H,1H3;1H4. The Bertz CT molecular complexity index is 5560. The number of carbonyl (C=O) groups is 1. The van der Waals surface area contributed by atoms with Gasteiger partial charge in [-0.05, 0) is 224 Å². The molecule has 0 N–H and O–H groups in total. The van der Waals surface area contributed by atoms with E-state index in [1.807, 2.05) is 200 Å². The van der Waals surface area contributed by atoms with E-state index in [4.69, 9.17) is 39.3 Å². The van der Waals surface area contributed by atoms with Crippen LogP contribution in [-0.2, 0) is 39.3 Å². The molecule has 13 aromatic carbocycles. The Labute approximate surface area is 680 Å². The molecule has 13 rings (SSSR count). The molecule has 0 saturated heterocycles. The number of para-hydroxylation sites is 3. The van der Waals surface area contributed by atoms with Gasteiger partial charge in [0.25, 0.3) is 5.53 Å². The molecule has 0 saturated carbocycles. The third-order valence-electron chi connectivity index (χ3n) is 18.7. The molecule has 0 aliphatic heterocycles. The number of hydrogen-bond donors (Lipinski definition) is 0. The van der Waals surface area contributed by atoms with Gasteiger partial charge in [-0.25, -0.2) is 4.85 Å². The summed E-state index contributed by atoms with van der Waals surface area (Å²) >= 11 is 0. The van der Waals surface area contributed by atoms with Gasteiger partial charge in [-0.1, -0.05) is 159 Å². The van der Waals surface area contributed by atoms with Crippen LogP contribution in [0.4, 0.5) is 56.9 Å². The summed E-state index contributed by atoms with van der Waals surface area (Å²) < 4.78 is 63.2. The predicted molar refractivity (Wildman–Crippen MR) is 468 cm³/mol. The second-order valence-corrected chi connectivity index (χ2v) is 28.4. The van der Waals surface area contributed by atoms with Gasteiger partial charge in [0.15, 0.2) is 0 Å². The molecule has 116 heavy (non-hydrogen) atoms. The number of methoxy groups -OCH3 is 3. The van der Waals surface area contributed by atoms with Crippen LogP contribution in [0.1, 0.15) is 95.6 Å². The molecule has 0 aromatic heterocycles. The minimum atomic E-state index is -3.44. The van der Waals surface area contributed by atoms with Crippen molar-refractivity contribution in [1.29, 1.82) is 15.8 Å². The van der Waals surface area contributed by atoms with Crippen molar-refractivity contribution in [3.63, 3.8) is 0 Å². The lowest BCUT2D eigenvalue weighted by Crippen LogP contribution is -2.28. The molecule has 0 aliphatic rings. The summed E-state index contributed by atoms with van der Waals surface area (Å²) in [5.41, 5.74) is 14.1. The summed E-state index contributed by atoms with van der Waals surface area (Å²) in [6.45, 7) is 15.9. The lowest BCUT2D eigenvalue weighted by Gasteiger charge is -2.28. The van der Waals surface area contributed by atoms with Crippen molar-refractivity contribution >= 4 is 125 Å².